The first-order valence-electron chi connectivity index (χ1n) is 9.16. The lowest BCUT2D eigenvalue weighted by atomic mass is 10.0. The van der Waals surface area contributed by atoms with Crippen molar-refractivity contribution >= 4 is 22.9 Å². The van der Waals surface area contributed by atoms with Gasteiger partial charge in [0.25, 0.3) is 0 Å². The lowest BCUT2D eigenvalue weighted by Gasteiger charge is -2.18. The molecule has 0 radical (unpaired) electrons. The summed E-state index contributed by atoms with van der Waals surface area (Å²) in [5.41, 5.74) is 1.93. The number of hydrogen-bond donors (Lipinski definition) is 2. The van der Waals surface area contributed by atoms with Crippen molar-refractivity contribution in [2.45, 2.75) is 32.2 Å². The van der Waals surface area contributed by atoms with Crippen LogP contribution < -0.4 is 14.8 Å². The minimum absolute atomic E-state index is 0.00178. The molecule has 2 aromatic carbocycles. The zero-order valence-electron chi connectivity index (χ0n) is 16.0. The number of benzene rings is 2. The van der Waals surface area contributed by atoms with Crippen LogP contribution in [-0.4, -0.2) is 18.3 Å². The molecule has 1 aromatic heterocycles. The Hall–Kier alpha value is -2.05. The van der Waals surface area contributed by atoms with E-state index in [2.05, 4.69) is 5.32 Å². The second-order valence-electron chi connectivity index (χ2n) is 6.63. The van der Waals surface area contributed by atoms with Gasteiger partial charge in [-0.2, -0.15) is 0 Å². The number of hydrogen-bond acceptors (Lipinski definition) is 4. The topological polar surface area (TPSA) is 55.3 Å². The van der Waals surface area contributed by atoms with Gasteiger partial charge >= 0.3 is 0 Å². The maximum absolute atomic E-state index is 10.5. The van der Waals surface area contributed by atoms with Crippen LogP contribution in [0.4, 0.5) is 0 Å². The molecule has 1 heterocycles. The minimum Gasteiger partial charge on any atom is -0.493 e. The quantitative estimate of drug-likeness (QED) is 0.548. The second kappa shape index (κ2) is 9.94. The summed E-state index contributed by atoms with van der Waals surface area (Å²) in [6, 6.07) is 17.5. The van der Waals surface area contributed by atoms with Crippen LogP contribution in [0, 0.1) is 0 Å². The van der Waals surface area contributed by atoms with Gasteiger partial charge in [-0.1, -0.05) is 48.0 Å². The predicted molar refractivity (Wildman–Crippen MR) is 113 cm³/mol. The number of nitrogens with two attached hydrogens (primary N) is 1. The first-order valence-corrected chi connectivity index (χ1v) is 10.4. The molecule has 0 fully saturated rings. The summed E-state index contributed by atoms with van der Waals surface area (Å²) in [4.78, 5) is 1.12. The number of methoxy groups -OCH3 is 1. The van der Waals surface area contributed by atoms with E-state index in [1.807, 2.05) is 66.9 Å². The molecule has 0 amide bonds. The fourth-order valence-corrected chi connectivity index (χ4v) is 3.88. The van der Waals surface area contributed by atoms with E-state index in [1.165, 1.54) is 0 Å². The molecule has 0 aliphatic rings. The molecule has 0 saturated carbocycles. The molecular weight excluding hydrogens is 394 g/mol. The van der Waals surface area contributed by atoms with Crippen LogP contribution >= 0.6 is 22.9 Å². The van der Waals surface area contributed by atoms with Gasteiger partial charge in [-0.05, 0) is 36.1 Å². The number of ether oxygens (including phenoxy) is 2. The van der Waals surface area contributed by atoms with Crippen molar-refractivity contribution in [1.82, 2.24) is 0 Å². The van der Waals surface area contributed by atoms with Gasteiger partial charge in [0.05, 0.1) is 12.1 Å². The van der Waals surface area contributed by atoms with Gasteiger partial charge in [0.2, 0.25) is 0 Å². The van der Waals surface area contributed by atoms with Crippen LogP contribution in [0.5, 0.6) is 11.5 Å². The fraction of sp³-hybridized carbons (Fsp3) is 0.273. The van der Waals surface area contributed by atoms with Crippen LogP contribution in [0.1, 0.15) is 29.0 Å². The molecule has 4 nitrogen and oxygen atoms in total. The zero-order valence-corrected chi connectivity index (χ0v) is 17.5. The molecule has 3 aromatic rings. The van der Waals surface area contributed by atoms with Crippen molar-refractivity contribution in [3.8, 4) is 11.5 Å². The maximum Gasteiger partial charge on any atom is 0.180 e. The summed E-state index contributed by atoms with van der Waals surface area (Å²) >= 11 is 8.10. The first-order chi connectivity index (χ1) is 13.6. The third-order valence-corrected chi connectivity index (χ3v) is 5.72. The van der Waals surface area contributed by atoms with E-state index in [9.17, 15) is 5.11 Å². The number of quaternary nitrogens is 1. The van der Waals surface area contributed by atoms with Crippen LogP contribution in [0.25, 0.3) is 0 Å². The van der Waals surface area contributed by atoms with Crippen molar-refractivity contribution in [3.05, 3.63) is 81.0 Å². The highest BCUT2D eigenvalue weighted by Gasteiger charge is 2.20. The van der Waals surface area contributed by atoms with Crippen LogP contribution in [0.2, 0.25) is 5.02 Å². The molecule has 3 rings (SSSR count). The lowest BCUT2D eigenvalue weighted by molar-refractivity contribution is -0.709. The van der Waals surface area contributed by atoms with Gasteiger partial charge in [-0.25, -0.2) is 0 Å². The monoisotopic (exact) mass is 418 g/mol. The highest BCUT2D eigenvalue weighted by molar-refractivity contribution is 7.09. The van der Waals surface area contributed by atoms with Crippen LogP contribution in [0.15, 0.2) is 60.0 Å². The zero-order chi connectivity index (χ0) is 19.9. The van der Waals surface area contributed by atoms with E-state index in [1.54, 1.807) is 18.4 Å². The molecule has 0 saturated heterocycles. The Bertz CT molecular complexity index is 871. The Labute approximate surface area is 174 Å². The summed E-state index contributed by atoms with van der Waals surface area (Å²) in [5, 5.41) is 15.2. The third-order valence-electron chi connectivity index (χ3n) is 4.59. The van der Waals surface area contributed by atoms with Crippen molar-refractivity contribution in [3.63, 3.8) is 0 Å². The maximum atomic E-state index is 10.5. The average molecular weight is 419 g/mol. The number of thiophene rings is 1. The molecule has 0 aliphatic carbocycles. The van der Waals surface area contributed by atoms with Gasteiger partial charge in [0.15, 0.2) is 11.5 Å². The Kier molecular flexibility index (Phi) is 7.34. The Balaban J connectivity index is 1.64. The van der Waals surface area contributed by atoms with Crippen LogP contribution in [-0.2, 0) is 13.2 Å². The van der Waals surface area contributed by atoms with Crippen molar-refractivity contribution in [1.29, 1.82) is 0 Å². The molecule has 0 spiro atoms. The number of aliphatic hydroxyl groups is 1. The van der Waals surface area contributed by atoms with E-state index in [4.69, 9.17) is 21.1 Å². The van der Waals surface area contributed by atoms with Crippen molar-refractivity contribution in [2.75, 3.05) is 7.11 Å². The van der Waals surface area contributed by atoms with E-state index in [0.717, 1.165) is 16.0 Å². The molecule has 28 heavy (non-hydrogen) atoms. The molecule has 3 N–H and O–H groups in total. The number of aliphatic hydroxyl groups excluding tert-OH is 1. The van der Waals surface area contributed by atoms with Crippen molar-refractivity contribution < 1.29 is 19.9 Å². The summed E-state index contributed by atoms with van der Waals surface area (Å²) in [6.45, 7) is 3.14. The summed E-state index contributed by atoms with van der Waals surface area (Å²) in [5.74, 6) is 1.17. The minimum atomic E-state index is -0.535. The summed E-state index contributed by atoms with van der Waals surface area (Å²) < 4.78 is 11.4. The highest BCUT2D eigenvalue weighted by atomic mass is 35.5. The normalized spacial score (nSPS) is 13.1. The lowest BCUT2D eigenvalue weighted by Crippen LogP contribution is -2.88. The third kappa shape index (κ3) is 5.26. The molecule has 0 bridgehead atoms. The Morgan fingerprint density at radius 3 is 2.61 bits per heavy atom. The number of halogens is 1. The van der Waals surface area contributed by atoms with E-state index in [-0.39, 0.29) is 6.04 Å². The van der Waals surface area contributed by atoms with E-state index >= 15 is 0 Å². The smallest absolute Gasteiger partial charge is 0.180 e. The predicted octanol–water partition coefficient (Wildman–Crippen LogP) is 4.17. The van der Waals surface area contributed by atoms with Gasteiger partial charge in [0.1, 0.15) is 25.3 Å². The van der Waals surface area contributed by atoms with Gasteiger partial charge in [-0.15, -0.1) is 11.3 Å². The highest BCUT2D eigenvalue weighted by Crippen LogP contribution is 2.37. The average Bonchev–Trinajstić information content (AvgIpc) is 3.24. The molecule has 6 heteroatoms. The van der Waals surface area contributed by atoms with E-state index < -0.39 is 6.10 Å². The van der Waals surface area contributed by atoms with Gasteiger partial charge < -0.3 is 19.9 Å². The summed E-state index contributed by atoms with van der Waals surface area (Å²) in [7, 11) is 1.61. The molecule has 0 aliphatic heterocycles. The largest absolute Gasteiger partial charge is 0.493 e. The Morgan fingerprint density at radius 1 is 1.14 bits per heavy atom. The summed E-state index contributed by atoms with van der Waals surface area (Å²) in [6.07, 6.45) is -0.535. The molecule has 148 valence electrons. The molecule has 2 atom stereocenters. The second-order valence-corrected chi connectivity index (χ2v) is 8.07. The molecular formula is C22H25ClNO3S+. The standard InChI is InChI=1S/C22H24ClNO3S/c1-15(21(25)17-7-4-3-5-8-17)24-13-16-11-19(23)22(20(12-16)26-2)27-14-18-9-6-10-28-18/h3-12,15,21,24-25H,13-14H2,1-2H3/p+1/t15-,21+/m1/s1. The van der Waals surface area contributed by atoms with Gasteiger partial charge in [0, 0.05) is 10.4 Å². The SMILES string of the molecule is COc1cc(C[NH2+][C@H](C)[C@H](O)c2ccccc2)cc(Cl)c1OCc1cccs1. The molecule has 0 unspecified atom stereocenters. The Morgan fingerprint density at radius 2 is 1.93 bits per heavy atom. The van der Waals surface area contributed by atoms with Gasteiger partial charge in [-0.3, -0.25) is 0 Å². The van der Waals surface area contributed by atoms with Crippen molar-refractivity contribution in [2.24, 2.45) is 0 Å². The van der Waals surface area contributed by atoms with Crippen LogP contribution in [0.3, 0.4) is 0 Å². The number of rotatable bonds is 9. The first kappa shape index (κ1) is 20.7. The fourth-order valence-electron chi connectivity index (χ4n) is 2.97. The van der Waals surface area contributed by atoms with E-state index in [0.29, 0.717) is 29.7 Å².